The quantitative estimate of drug-likeness (QED) is 0.845. The molecule has 1 saturated heterocycles. The molecule has 6 heteroatoms. The van der Waals surface area contributed by atoms with E-state index in [-0.39, 0.29) is 6.04 Å². The lowest BCUT2D eigenvalue weighted by Gasteiger charge is -2.27. The second-order valence-corrected chi connectivity index (χ2v) is 6.48. The summed E-state index contributed by atoms with van der Waals surface area (Å²) in [5.74, 6) is 0. The van der Waals surface area contributed by atoms with Gasteiger partial charge in [0.1, 0.15) is 0 Å². The molecule has 19 heavy (non-hydrogen) atoms. The van der Waals surface area contributed by atoms with Crippen molar-refractivity contribution in [3.63, 3.8) is 0 Å². The maximum atomic E-state index is 6.20. The van der Waals surface area contributed by atoms with E-state index in [1.54, 1.807) is 0 Å². The van der Waals surface area contributed by atoms with Crippen LogP contribution in [0.1, 0.15) is 13.3 Å². The summed E-state index contributed by atoms with van der Waals surface area (Å²) in [5, 5.41) is 8.06. The van der Waals surface area contributed by atoms with Crippen LogP contribution in [0.5, 0.6) is 0 Å². The zero-order chi connectivity index (χ0) is 13.8. The number of hydrogen-bond acceptors (Lipinski definition) is 3. The summed E-state index contributed by atoms with van der Waals surface area (Å²) in [6.07, 6.45) is 0.961. The third kappa shape index (κ3) is 4.50. The molecule has 0 radical (unpaired) electrons. The molecule has 1 heterocycles. The van der Waals surface area contributed by atoms with Gasteiger partial charge >= 0.3 is 0 Å². The Hall–Kier alpha value is -0.0000000000000000555. The summed E-state index contributed by atoms with van der Waals surface area (Å²) >= 11 is 15.8. The highest BCUT2D eigenvalue weighted by Gasteiger charge is 2.17. The molecule has 2 atom stereocenters. The van der Waals surface area contributed by atoms with E-state index in [0.29, 0.717) is 16.1 Å². The number of rotatable bonds is 4. The molecule has 0 spiro atoms. The first-order valence-corrected chi connectivity index (χ1v) is 7.83. The van der Waals surface area contributed by atoms with Gasteiger partial charge in [0.05, 0.1) is 28.9 Å². The summed E-state index contributed by atoms with van der Waals surface area (Å²) in [6, 6.07) is 4.31. The van der Waals surface area contributed by atoms with Crippen molar-refractivity contribution in [2.45, 2.75) is 25.4 Å². The summed E-state index contributed by atoms with van der Waals surface area (Å²) in [7, 11) is 0. The predicted molar refractivity (Wildman–Crippen MR) is 84.5 cm³/mol. The van der Waals surface area contributed by atoms with E-state index in [4.69, 9.17) is 27.9 Å². The third-order valence-corrected chi connectivity index (χ3v) is 4.09. The highest BCUT2D eigenvalue weighted by atomic mass is 79.9. The minimum atomic E-state index is 0.260. The Labute approximate surface area is 132 Å². The van der Waals surface area contributed by atoms with E-state index >= 15 is 0 Å². The molecule has 1 fully saturated rings. The van der Waals surface area contributed by atoms with Crippen LogP contribution in [0, 0.1) is 0 Å². The van der Waals surface area contributed by atoms with E-state index in [1.807, 2.05) is 12.1 Å². The molecule has 106 valence electrons. The molecule has 1 aromatic carbocycles. The van der Waals surface area contributed by atoms with Gasteiger partial charge in [0.15, 0.2) is 0 Å². The Morgan fingerprint density at radius 2 is 2.16 bits per heavy atom. The summed E-state index contributed by atoms with van der Waals surface area (Å²) in [6.45, 7) is 4.58. The molecule has 2 N–H and O–H groups in total. The molecule has 2 rings (SSSR count). The molecule has 2 unspecified atom stereocenters. The summed E-state index contributed by atoms with van der Waals surface area (Å²) in [4.78, 5) is 0. The van der Waals surface area contributed by atoms with Crippen LogP contribution in [0.3, 0.4) is 0 Å². The average Bonchev–Trinajstić information content (AvgIpc) is 2.35. The van der Waals surface area contributed by atoms with Gasteiger partial charge in [0, 0.05) is 23.1 Å². The van der Waals surface area contributed by atoms with Gasteiger partial charge in [0.25, 0.3) is 0 Å². The molecule has 0 bridgehead atoms. The van der Waals surface area contributed by atoms with Crippen molar-refractivity contribution in [3.05, 3.63) is 26.7 Å². The monoisotopic (exact) mass is 366 g/mol. The molecular weight excluding hydrogens is 351 g/mol. The van der Waals surface area contributed by atoms with Crippen molar-refractivity contribution in [2.75, 3.05) is 25.1 Å². The molecule has 3 nitrogen and oxygen atoms in total. The lowest BCUT2D eigenvalue weighted by Crippen LogP contribution is -2.43. The van der Waals surface area contributed by atoms with Crippen molar-refractivity contribution >= 4 is 44.8 Å². The molecule has 1 aromatic rings. The van der Waals surface area contributed by atoms with Gasteiger partial charge in [-0.2, -0.15) is 0 Å². The maximum absolute atomic E-state index is 6.20. The first-order chi connectivity index (χ1) is 9.06. The number of halogens is 3. The topological polar surface area (TPSA) is 33.3 Å². The van der Waals surface area contributed by atoms with E-state index < -0.39 is 0 Å². The second kappa shape index (κ2) is 7.14. The number of anilines is 1. The second-order valence-electron chi connectivity index (χ2n) is 4.75. The van der Waals surface area contributed by atoms with Crippen LogP contribution in [0.2, 0.25) is 10.0 Å². The summed E-state index contributed by atoms with van der Waals surface area (Å²) in [5.41, 5.74) is 0.788. The van der Waals surface area contributed by atoms with Crippen molar-refractivity contribution in [1.82, 2.24) is 5.32 Å². The normalized spacial score (nSPS) is 21.2. The Morgan fingerprint density at radius 1 is 1.47 bits per heavy atom. The minimum absolute atomic E-state index is 0.260. The van der Waals surface area contributed by atoms with Crippen molar-refractivity contribution in [3.8, 4) is 0 Å². The number of benzene rings is 1. The van der Waals surface area contributed by atoms with Gasteiger partial charge in [-0.1, -0.05) is 39.1 Å². The van der Waals surface area contributed by atoms with Gasteiger partial charge in [-0.05, 0) is 25.5 Å². The minimum Gasteiger partial charge on any atom is -0.380 e. The van der Waals surface area contributed by atoms with Crippen LogP contribution in [0.25, 0.3) is 0 Å². The van der Waals surface area contributed by atoms with Crippen LogP contribution in [0.4, 0.5) is 5.69 Å². The van der Waals surface area contributed by atoms with Crippen LogP contribution in [-0.4, -0.2) is 31.8 Å². The highest BCUT2D eigenvalue weighted by molar-refractivity contribution is 9.10. The van der Waals surface area contributed by atoms with Crippen molar-refractivity contribution < 1.29 is 4.74 Å². The standard InChI is InChI=1S/C13H17BrCl2N2O/c1-8(4-10-7-19-3-2-17-10)18-13-11(15)5-9(14)6-12(13)16/h5-6,8,10,17-18H,2-4,7H2,1H3. The first kappa shape index (κ1) is 15.4. The molecule has 0 aromatic heterocycles. The number of ether oxygens (including phenoxy) is 1. The average molecular weight is 368 g/mol. The highest BCUT2D eigenvalue weighted by Crippen LogP contribution is 2.34. The fraction of sp³-hybridized carbons (Fsp3) is 0.538. The van der Waals surface area contributed by atoms with Gasteiger partial charge in [-0.25, -0.2) is 0 Å². The van der Waals surface area contributed by atoms with Crippen molar-refractivity contribution in [1.29, 1.82) is 0 Å². The zero-order valence-corrected chi connectivity index (χ0v) is 13.8. The molecule has 0 saturated carbocycles. The third-order valence-electron chi connectivity index (χ3n) is 3.03. The smallest absolute Gasteiger partial charge is 0.0721 e. The number of hydrogen-bond donors (Lipinski definition) is 2. The number of morpholine rings is 1. The van der Waals surface area contributed by atoms with E-state index in [9.17, 15) is 0 Å². The molecule has 1 aliphatic heterocycles. The molecule has 0 amide bonds. The first-order valence-electron chi connectivity index (χ1n) is 6.28. The van der Waals surface area contributed by atoms with Gasteiger partial charge in [0.2, 0.25) is 0 Å². The lowest BCUT2D eigenvalue weighted by molar-refractivity contribution is 0.0731. The van der Waals surface area contributed by atoms with E-state index in [0.717, 1.165) is 36.3 Å². The van der Waals surface area contributed by atoms with E-state index in [2.05, 4.69) is 33.5 Å². The van der Waals surface area contributed by atoms with Crippen molar-refractivity contribution in [2.24, 2.45) is 0 Å². The van der Waals surface area contributed by atoms with E-state index in [1.165, 1.54) is 0 Å². The fourth-order valence-corrected chi connectivity index (χ4v) is 3.50. The van der Waals surface area contributed by atoms with Crippen LogP contribution in [-0.2, 0) is 4.74 Å². The van der Waals surface area contributed by atoms with Gasteiger partial charge in [-0.3, -0.25) is 0 Å². The lowest BCUT2D eigenvalue weighted by atomic mass is 10.1. The maximum Gasteiger partial charge on any atom is 0.0721 e. The Kier molecular flexibility index (Phi) is 5.78. The predicted octanol–water partition coefficient (Wildman–Crippen LogP) is 3.93. The van der Waals surface area contributed by atoms with Gasteiger partial charge < -0.3 is 15.4 Å². The van der Waals surface area contributed by atoms with Crippen LogP contribution < -0.4 is 10.6 Å². The fourth-order valence-electron chi connectivity index (χ4n) is 2.18. The Balaban J connectivity index is 1.96. The molecular formula is C13H17BrCl2N2O. The summed E-state index contributed by atoms with van der Waals surface area (Å²) < 4.78 is 6.33. The Morgan fingerprint density at radius 3 is 2.74 bits per heavy atom. The largest absolute Gasteiger partial charge is 0.380 e. The molecule has 1 aliphatic rings. The number of nitrogens with one attached hydrogen (secondary N) is 2. The zero-order valence-electron chi connectivity index (χ0n) is 10.7. The van der Waals surface area contributed by atoms with Crippen LogP contribution >= 0.6 is 39.1 Å². The van der Waals surface area contributed by atoms with Crippen LogP contribution in [0.15, 0.2) is 16.6 Å². The van der Waals surface area contributed by atoms with Gasteiger partial charge in [-0.15, -0.1) is 0 Å². The molecule has 0 aliphatic carbocycles. The SMILES string of the molecule is CC(CC1COCCN1)Nc1c(Cl)cc(Br)cc1Cl. The Bertz CT molecular complexity index is 416.